The van der Waals surface area contributed by atoms with Gasteiger partial charge >= 0.3 is 0 Å². The topological polar surface area (TPSA) is 40.5 Å². The Kier molecular flexibility index (Phi) is 4.65. The fraction of sp³-hybridized carbons (Fsp3) is 0.455. The molecule has 0 heterocycles. The Balaban J connectivity index is 2.62. The van der Waals surface area contributed by atoms with Crippen molar-refractivity contribution in [3.8, 4) is 0 Å². The molecule has 0 aliphatic heterocycles. The molecule has 0 aliphatic carbocycles. The van der Waals surface area contributed by atoms with Crippen LogP contribution in [0.1, 0.15) is 5.56 Å². The molecule has 0 radical (unpaired) electrons. The highest BCUT2D eigenvalue weighted by Gasteiger charge is 2.26. The molecule has 1 aromatic rings. The van der Waals surface area contributed by atoms with E-state index in [1.165, 1.54) is 0 Å². The van der Waals surface area contributed by atoms with E-state index in [1.807, 2.05) is 6.07 Å². The number of hydrogen-bond donors (Lipinski definition) is 2. The summed E-state index contributed by atoms with van der Waals surface area (Å²) in [6.45, 7) is -0.444. The van der Waals surface area contributed by atoms with Crippen LogP contribution in [0, 0.1) is 5.92 Å². The highest BCUT2D eigenvalue weighted by atomic mass is 19.3. The minimum absolute atomic E-state index is 0.253. The summed E-state index contributed by atoms with van der Waals surface area (Å²) in [4.78, 5) is 0. The van der Waals surface area contributed by atoms with E-state index in [0.29, 0.717) is 0 Å². The van der Waals surface area contributed by atoms with Gasteiger partial charge in [-0.2, -0.15) is 0 Å². The van der Waals surface area contributed by atoms with Gasteiger partial charge in [-0.1, -0.05) is 30.3 Å². The van der Waals surface area contributed by atoms with Gasteiger partial charge in [0.05, 0.1) is 0 Å². The van der Waals surface area contributed by atoms with E-state index in [9.17, 15) is 8.78 Å². The van der Waals surface area contributed by atoms with Crippen LogP contribution in [0.4, 0.5) is 8.78 Å². The molecule has 2 N–H and O–H groups in total. The van der Waals surface area contributed by atoms with Crippen molar-refractivity contribution in [2.75, 3.05) is 6.61 Å². The maximum Gasteiger partial charge on any atom is 0.264 e. The number of hydrogen-bond acceptors (Lipinski definition) is 2. The predicted molar refractivity (Wildman–Crippen MR) is 52.7 cm³/mol. The van der Waals surface area contributed by atoms with Crippen molar-refractivity contribution in [3.05, 3.63) is 35.9 Å². The number of halogens is 2. The molecule has 0 saturated carbocycles. The van der Waals surface area contributed by atoms with Gasteiger partial charge in [-0.15, -0.1) is 0 Å². The molecule has 1 rings (SSSR count). The fourth-order valence-electron chi connectivity index (χ4n) is 1.42. The van der Waals surface area contributed by atoms with E-state index < -0.39 is 25.1 Å². The SMILES string of the molecule is OC[C@H](Cc1ccccc1)[C@H](O)C(F)F. The van der Waals surface area contributed by atoms with Crippen LogP contribution in [0.3, 0.4) is 0 Å². The van der Waals surface area contributed by atoms with Crippen molar-refractivity contribution in [2.24, 2.45) is 5.92 Å². The maximum atomic E-state index is 12.2. The van der Waals surface area contributed by atoms with Gasteiger partial charge in [-0.25, -0.2) is 8.78 Å². The lowest BCUT2D eigenvalue weighted by Crippen LogP contribution is -2.32. The molecular weight excluding hydrogens is 202 g/mol. The Bertz CT molecular complexity index is 277. The second kappa shape index (κ2) is 5.78. The van der Waals surface area contributed by atoms with Crippen molar-refractivity contribution < 1.29 is 19.0 Å². The molecule has 0 aliphatic rings. The largest absolute Gasteiger partial charge is 0.396 e. The summed E-state index contributed by atoms with van der Waals surface area (Å²) < 4.78 is 24.4. The third-order valence-electron chi connectivity index (χ3n) is 2.32. The third kappa shape index (κ3) is 3.57. The summed E-state index contributed by atoms with van der Waals surface area (Å²) in [7, 11) is 0. The molecule has 2 nitrogen and oxygen atoms in total. The van der Waals surface area contributed by atoms with Crippen molar-refractivity contribution >= 4 is 0 Å². The van der Waals surface area contributed by atoms with Crippen LogP contribution in [0.5, 0.6) is 0 Å². The highest BCUT2D eigenvalue weighted by Crippen LogP contribution is 2.17. The monoisotopic (exact) mass is 216 g/mol. The number of aliphatic hydroxyl groups is 2. The number of rotatable bonds is 5. The summed E-state index contributed by atoms with van der Waals surface area (Å²) in [6, 6.07) is 8.96. The summed E-state index contributed by atoms with van der Waals surface area (Å²) in [5, 5.41) is 18.1. The number of benzene rings is 1. The first kappa shape index (κ1) is 12.1. The number of aliphatic hydroxyl groups excluding tert-OH is 2. The third-order valence-corrected chi connectivity index (χ3v) is 2.32. The van der Waals surface area contributed by atoms with E-state index in [0.717, 1.165) is 5.56 Å². The van der Waals surface area contributed by atoms with Gasteiger partial charge in [0.2, 0.25) is 0 Å². The summed E-state index contributed by atoms with van der Waals surface area (Å²) >= 11 is 0. The standard InChI is InChI=1S/C11H14F2O2/c12-11(13)10(15)9(7-14)6-8-4-2-1-3-5-8/h1-5,9-11,14-15H,6-7H2/t9-,10-/m0/s1. The molecule has 0 fully saturated rings. The number of alkyl halides is 2. The lowest BCUT2D eigenvalue weighted by molar-refractivity contribution is -0.0513. The summed E-state index contributed by atoms with van der Waals surface area (Å²) in [5.41, 5.74) is 0.830. The first-order valence-corrected chi connectivity index (χ1v) is 4.76. The minimum Gasteiger partial charge on any atom is -0.396 e. The molecule has 84 valence electrons. The average Bonchev–Trinajstić information content (AvgIpc) is 2.26. The Morgan fingerprint density at radius 3 is 2.20 bits per heavy atom. The van der Waals surface area contributed by atoms with E-state index in [-0.39, 0.29) is 6.42 Å². The van der Waals surface area contributed by atoms with E-state index in [2.05, 4.69) is 0 Å². The molecule has 0 unspecified atom stereocenters. The van der Waals surface area contributed by atoms with E-state index in [4.69, 9.17) is 10.2 Å². The zero-order chi connectivity index (χ0) is 11.3. The van der Waals surface area contributed by atoms with Crippen molar-refractivity contribution in [1.29, 1.82) is 0 Å². The Morgan fingerprint density at radius 2 is 1.73 bits per heavy atom. The lowest BCUT2D eigenvalue weighted by atomic mass is 9.95. The molecular formula is C11H14F2O2. The van der Waals surface area contributed by atoms with Crippen molar-refractivity contribution in [3.63, 3.8) is 0 Å². The fourth-order valence-corrected chi connectivity index (χ4v) is 1.42. The van der Waals surface area contributed by atoms with Crippen LogP contribution in [-0.2, 0) is 6.42 Å². The average molecular weight is 216 g/mol. The lowest BCUT2D eigenvalue weighted by Gasteiger charge is -2.20. The van der Waals surface area contributed by atoms with Crippen LogP contribution < -0.4 is 0 Å². The van der Waals surface area contributed by atoms with Crippen LogP contribution >= 0.6 is 0 Å². The summed E-state index contributed by atoms with van der Waals surface area (Å²) in [5.74, 6) is -0.813. The zero-order valence-corrected chi connectivity index (χ0v) is 8.18. The highest BCUT2D eigenvalue weighted by molar-refractivity contribution is 5.15. The van der Waals surface area contributed by atoms with E-state index >= 15 is 0 Å². The second-order valence-corrected chi connectivity index (χ2v) is 3.46. The van der Waals surface area contributed by atoms with Crippen LogP contribution in [0.25, 0.3) is 0 Å². The minimum atomic E-state index is -2.81. The smallest absolute Gasteiger partial charge is 0.264 e. The molecule has 4 heteroatoms. The molecule has 0 spiro atoms. The van der Waals surface area contributed by atoms with Crippen LogP contribution in [0.15, 0.2) is 30.3 Å². The van der Waals surface area contributed by atoms with Gasteiger partial charge in [0, 0.05) is 12.5 Å². The first-order chi connectivity index (χ1) is 7.15. The van der Waals surface area contributed by atoms with Gasteiger partial charge in [-0.05, 0) is 12.0 Å². The molecule has 0 bridgehead atoms. The van der Waals surface area contributed by atoms with E-state index in [1.54, 1.807) is 24.3 Å². The van der Waals surface area contributed by atoms with Gasteiger partial charge in [-0.3, -0.25) is 0 Å². The van der Waals surface area contributed by atoms with Crippen molar-refractivity contribution in [2.45, 2.75) is 19.0 Å². The molecule has 0 amide bonds. The second-order valence-electron chi connectivity index (χ2n) is 3.46. The molecule has 15 heavy (non-hydrogen) atoms. The van der Waals surface area contributed by atoms with Gasteiger partial charge < -0.3 is 10.2 Å². The Morgan fingerprint density at radius 1 is 1.13 bits per heavy atom. The first-order valence-electron chi connectivity index (χ1n) is 4.76. The van der Waals surface area contributed by atoms with Crippen molar-refractivity contribution in [1.82, 2.24) is 0 Å². The molecule has 0 aromatic heterocycles. The van der Waals surface area contributed by atoms with Gasteiger partial charge in [0.25, 0.3) is 6.43 Å². The molecule has 0 saturated heterocycles. The van der Waals surface area contributed by atoms with Crippen LogP contribution in [-0.4, -0.2) is 29.3 Å². The predicted octanol–water partition coefficient (Wildman–Crippen LogP) is 1.46. The van der Waals surface area contributed by atoms with Gasteiger partial charge in [0.1, 0.15) is 6.10 Å². The quantitative estimate of drug-likeness (QED) is 0.782. The molecule has 2 atom stereocenters. The van der Waals surface area contributed by atoms with Crippen LogP contribution in [0.2, 0.25) is 0 Å². The maximum absolute atomic E-state index is 12.2. The Hall–Kier alpha value is -1.00. The van der Waals surface area contributed by atoms with Gasteiger partial charge in [0.15, 0.2) is 0 Å². The normalized spacial score (nSPS) is 15.3. The summed E-state index contributed by atoms with van der Waals surface area (Å²) in [6.07, 6.45) is -4.33. The Labute approximate surface area is 87.2 Å². The zero-order valence-electron chi connectivity index (χ0n) is 8.18. The molecule has 1 aromatic carbocycles.